The number of halogens is 1. The minimum Gasteiger partial charge on any atom is -0.469 e. The van der Waals surface area contributed by atoms with Crippen molar-refractivity contribution in [1.29, 1.82) is 0 Å². The Labute approximate surface area is 171 Å². The van der Waals surface area contributed by atoms with Crippen molar-refractivity contribution in [3.63, 3.8) is 0 Å². The molecule has 1 N–H and O–H groups in total. The van der Waals surface area contributed by atoms with Gasteiger partial charge in [0.1, 0.15) is 11.1 Å². The zero-order valence-electron chi connectivity index (χ0n) is 15.6. The lowest BCUT2D eigenvalue weighted by molar-refractivity contribution is -0.140. The number of carbonyl (C=O) groups is 2. The first-order chi connectivity index (χ1) is 14.0. The van der Waals surface area contributed by atoms with Crippen molar-refractivity contribution >= 4 is 45.7 Å². The molecule has 2 aliphatic rings. The highest BCUT2D eigenvalue weighted by Crippen LogP contribution is 2.50. The van der Waals surface area contributed by atoms with Gasteiger partial charge in [-0.15, -0.1) is 11.6 Å². The third-order valence-corrected chi connectivity index (χ3v) is 6.23. The first-order valence-electron chi connectivity index (χ1n) is 9.26. The molecule has 3 aromatic rings. The van der Waals surface area contributed by atoms with E-state index in [1.54, 1.807) is 18.2 Å². The van der Waals surface area contributed by atoms with Crippen LogP contribution in [0.5, 0.6) is 0 Å². The molecule has 2 unspecified atom stereocenters. The average molecular weight is 409 g/mol. The minimum absolute atomic E-state index is 0.124. The number of aromatic nitrogens is 1. The van der Waals surface area contributed by atoms with Crippen LogP contribution in [0.3, 0.4) is 0 Å². The number of methoxy groups -OCH3 is 1. The number of aryl methyl sites for hydroxylation is 1. The lowest BCUT2D eigenvalue weighted by atomic mass is 9.77. The molecule has 1 aliphatic heterocycles. The fraction of sp³-hybridized carbons (Fsp3) is 0.227. The summed E-state index contributed by atoms with van der Waals surface area (Å²) in [5.74, 6) is -0.714. The largest absolute Gasteiger partial charge is 0.469 e. The molecular weight excluding hydrogens is 392 g/mol. The van der Waals surface area contributed by atoms with Gasteiger partial charge < -0.3 is 14.4 Å². The Balaban J connectivity index is 1.82. The van der Waals surface area contributed by atoms with Crippen LogP contribution in [0.1, 0.15) is 28.0 Å². The number of nitrogens with zero attached hydrogens (tertiary/aromatic N) is 2. The van der Waals surface area contributed by atoms with Gasteiger partial charge in [-0.25, -0.2) is 4.99 Å². The van der Waals surface area contributed by atoms with Crippen LogP contribution in [0.4, 0.5) is 5.69 Å². The summed E-state index contributed by atoms with van der Waals surface area (Å²) < 4.78 is 6.64. The van der Waals surface area contributed by atoms with Crippen LogP contribution in [0, 0.1) is 0 Å². The Bertz CT molecular complexity index is 1230. The number of alkyl halides is 1. The molecule has 0 fully saturated rings. The summed E-state index contributed by atoms with van der Waals surface area (Å²) in [5, 5.41) is 11.2. The number of aliphatic imine (C=N–C) groups is 1. The maximum Gasteiger partial charge on any atom is 0.307 e. The average Bonchev–Trinajstić information content (AvgIpc) is 3.23. The lowest BCUT2D eigenvalue weighted by Gasteiger charge is -2.34. The van der Waals surface area contributed by atoms with Crippen molar-refractivity contribution < 1.29 is 19.4 Å². The predicted molar refractivity (Wildman–Crippen MR) is 109 cm³/mol. The zero-order chi connectivity index (χ0) is 20.3. The Kier molecular flexibility index (Phi) is 3.91. The third kappa shape index (κ3) is 2.30. The van der Waals surface area contributed by atoms with Gasteiger partial charge in [-0.2, -0.15) is 0 Å². The van der Waals surface area contributed by atoms with E-state index < -0.39 is 11.0 Å². The molecule has 2 atom stereocenters. The molecular formula is C22H17ClN2O4. The smallest absolute Gasteiger partial charge is 0.307 e. The van der Waals surface area contributed by atoms with Gasteiger partial charge in [0.15, 0.2) is 11.4 Å². The first-order valence-corrected chi connectivity index (χ1v) is 9.70. The van der Waals surface area contributed by atoms with Crippen LogP contribution in [0.15, 0.2) is 53.5 Å². The van der Waals surface area contributed by atoms with Gasteiger partial charge >= 0.3 is 5.97 Å². The molecule has 6 nitrogen and oxygen atoms in total. The predicted octanol–water partition coefficient (Wildman–Crippen LogP) is 3.33. The third-order valence-electron chi connectivity index (χ3n) is 5.71. The molecule has 7 heteroatoms. The van der Waals surface area contributed by atoms with E-state index in [4.69, 9.17) is 16.3 Å². The second-order valence-electron chi connectivity index (χ2n) is 7.19. The monoisotopic (exact) mass is 408 g/mol. The van der Waals surface area contributed by atoms with Crippen LogP contribution in [0.2, 0.25) is 0 Å². The van der Waals surface area contributed by atoms with Crippen molar-refractivity contribution in [3.8, 4) is 0 Å². The number of esters is 1. The van der Waals surface area contributed by atoms with Gasteiger partial charge in [0, 0.05) is 23.0 Å². The number of hydrogen-bond acceptors (Lipinski definition) is 5. The standard InChI is InChI=1S/C22H17ClN2O4/c1-29-16(26)10-11-25-15-9-5-2-6-12(15)17-18(25)21-22(28,20(23)19(17)27)13-7-3-4-8-14(13)24-21/h2-9,20,28H,10-11H2,1H3. The van der Waals surface area contributed by atoms with E-state index in [9.17, 15) is 14.7 Å². The number of para-hydroxylation sites is 2. The number of aliphatic hydroxyl groups is 1. The molecule has 2 aromatic carbocycles. The Morgan fingerprint density at radius 2 is 1.97 bits per heavy atom. The number of Topliss-reactive ketones (excluding diaryl/α,β-unsaturated/α-hetero) is 1. The number of hydrogen-bond donors (Lipinski definition) is 1. The van der Waals surface area contributed by atoms with Gasteiger partial charge in [0.2, 0.25) is 0 Å². The maximum atomic E-state index is 13.3. The Morgan fingerprint density at radius 3 is 2.76 bits per heavy atom. The number of rotatable bonds is 3. The minimum atomic E-state index is -1.72. The van der Waals surface area contributed by atoms with Crippen LogP contribution in [0.25, 0.3) is 10.9 Å². The first kappa shape index (κ1) is 18.1. The van der Waals surface area contributed by atoms with E-state index in [0.717, 1.165) is 10.9 Å². The van der Waals surface area contributed by atoms with Crippen molar-refractivity contribution in [2.45, 2.75) is 23.9 Å². The topological polar surface area (TPSA) is 80.9 Å². The normalized spacial score (nSPS) is 22.1. The molecule has 2 heterocycles. The highest BCUT2D eigenvalue weighted by molar-refractivity contribution is 6.43. The molecule has 0 bridgehead atoms. The highest BCUT2D eigenvalue weighted by Gasteiger charge is 2.57. The van der Waals surface area contributed by atoms with Crippen LogP contribution in [-0.2, 0) is 21.7 Å². The number of fused-ring (bicyclic) bond motifs is 7. The van der Waals surface area contributed by atoms with Gasteiger partial charge in [0.05, 0.1) is 30.5 Å². The molecule has 0 saturated heterocycles. The van der Waals surface area contributed by atoms with Crippen LogP contribution >= 0.6 is 11.6 Å². The molecule has 0 spiro atoms. The molecule has 0 saturated carbocycles. The highest BCUT2D eigenvalue weighted by atomic mass is 35.5. The summed E-state index contributed by atoms with van der Waals surface area (Å²) in [6, 6.07) is 14.6. The Morgan fingerprint density at radius 1 is 1.24 bits per heavy atom. The molecule has 29 heavy (non-hydrogen) atoms. The molecule has 0 radical (unpaired) electrons. The van der Waals surface area contributed by atoms with E-state index in [0.29, 0.717) is 28.2 Å². The van der Waals surface area contributed by atoms with Crippen LogP contribution < -0.4 is 0 Å². The lowest BCUT2D eigenvalue weighted by Crippen LogP contribution is -2.51. The van der Waals surface area contributed by atoms with Gasteiger partial charge in [0.25, 0.3) is 0 Å². The second-order valence-corrected chi connectivity index (χ2v) is 7.63. The van der Waals surface area contributed by atoms with Gasteiger partial charge in [-0.05, 0) is 12.1 Å². The summed E-state index contributed by atoms with van der Waals surface area (Å²) in [4.78, 5) is 29.8. The number of ketones is 1. The molecule has 146 valence electrons. The molecule has 5 rings (SSSR count). The number of carbonyl (C=O) groups excluding carboxylic acids is 2. The van der Waals surface area contributed by atoms with E-state index >= 15 is 0 Å². The molecule has 1 aliphatic carbocycles. The van der Waals surface area contributed by atoms with E-state index in [1.807, 2.05) is 34.9 Å². The van der Waals surface area contributed by atoms with E-state index in [1.165, 1.54) is 7.11 Å². The van der Waals surface area contributed by atoms with Crippen molar-refractivity contribution in [2.24, 2.45) is 4.99 Å². The summed E-state index contributed by atoms with van der Waals surface area (Å²) in [6.45, 7) is 0.286. The Hall–Kier alpha value is -2.96. The van der Waals surface area contributed by atoms with Crippen molar-refractivity contribution in [1.82, 2.24) is 4.57 Å². The van der Waals surface area contributed by atoms with Crippen molar-refractivity contribution in [3.05, 3.63) is 65.4 Å². The summed E-state index contributed by atoms with van der Waals surface area (Å²) in [6.07, 6.45) is 0.124. The second kappa shape index (κ2) is 6.27. The molecule has 1 aromatic heterocycles. The van der Waals surface area contributed by atoms with Crippen LogP contribution in [-0.4, -0.2) is 39.6 Å². The van der Waals surface area contributed by atoms with Gasteiger partial charge in [-0.3, -0.25) is 9.59 Å². The fourth-order valence-corrected chi connectivity index (χ4v) is 4.70. The van der Waals surface area contributed by atoms with Crippen molar-refractivity contribution in [2.75, 3.05) is 7.11 Å². The van der Waals surface area contributed by atoms with E-state index in [-0.39, 0.29) is 24.7 Å². The van der Waals surface area contributed by atoms with Gasteiger partial charge in [-0.1, -0.05) is 36.4 Å². The fourth-order valence-electron chi connectivity index (χ4n) is 4.37. The number of benzene rings is 2. The maximum absolute atomic E-state index is 13.3. The van der Waals surface area contributed by atoms with E-state index in [2.05, 4.69) is 4.99 Å². The quantitative estimate of drug-likeness (QED) is 0.532. The summed E-state index contributed by atoms with van der Waals surface area (Å²) in [5.41, 5.74) is 1.44. The summed E-state index contributed by atoms with van der Waals surface area (Å²) in [7, 11) is 1.34. The SMILES string of the molecule is COC(=O)CCn1c2c(c3ccccc31)C(=O)C(Cl)C1(O)C2=Nc2ccccc21. The summed E-state index contributed by atoms with van der Waals surface area (Å²) >= 11 is 6.56. The zero-order valence-corrected chi connectivity index (χ0v) is 16.3. The number of ether oxygens (including phenoxy) is 1. The molecule has 0 amide bonds.